The molecular weight excluding hydrogens is 577 g/mol. The quantitative estimate of drug-likeness (QED) is 0.271. The number of carbonyl (C=O) groups is 1. The van der Waals surface area contributed by atoms with Gasteiger partial charge in [0.25, 0.3) is 0 Å². The minimum Gasteiger partial charge on any atom is -0.351 e. The summed E-state index contributed by atoms with van der Waals surface area (Å²) in [6.07, 6.45) is 5.45. The van der Waals surface area contributed by atoms with Gasteiger partial charge in [-0.15, -0.1) is 0 Å². The molecule has 0 aliphatic heterocycles. The Labute approximate surface area is 242 Å². The van der Waals surface area contributed by atoms with Crippen LogP contribution < -0.4 is 15.5 Å². The van der Waals surface area contributed by atoms with E-state index < -0.39 is 24.0 Å². The molecule has 2 N–H and O–H groups in total. The number of amides is 2. The Kier molecular flexibility index (Phi) is 8.50. The molecule has 0 spiro atoms. The first kappa shape index (κ1) is 29.8. The van der Waals surface area contributed by atoms with Crippen LogP contribution in [0.4, 0.5) is 38.5 Å². The van der Waals surface area contributed by atoms with Crippen LogP contribution >= 0.6 is 0 Å². The van der Waals surface area contributed by atoms with Gasteiger partial charge < -0.3 is 10.6 Å². The van der Waals surface area contributed by atoms with Crippen LogP contribution in [0.15, 0.2) is 43.2 Å². The number of hydrogen-bond acceptors (Lipinski definition) is 8. The SMILES string of the molecule is CCNC(=O)N(c1cnc(-c2cnn(C)c2)cn1)[C@H]1CC[C@H](Nc2ncc(C(F)(F)F)c(-c3ccn(C(F)F)n3)n2)CC1. The number of aryl methyl sites for hydroxylation is 1. The fourth-order valence-corrected chi connectivity index (χ4v) is 4.93. The number of rotatable bonds is 8. The van der Waals surface area contributed by atoms with Gasteiger partial charge in [-0.1, -0.05) is 0 Å². The van der Waals surface area contributed by atoms with Crippen molar-refractivity contribution < 1.29 is 26.7 Å². The highest BCUT2D eigenvalue weighted by Gasteiger charge is 2.37. The first-order valence-electron chi connectivity index (χ1n) is 13.5. The molecule has 1 fully saturated rings. The van der Waals surface area contributed by atoms with Crippen LogP contribution in [-0.4, -0.2) is 64.2 Å². The van der Waals surface area contributed by atoms with Gasteiger partial charge in [0.15, 0.2) is 5.82 Å². The van der Waals surface area contributed by atoms with Crippen LogP contribution in [-0.2, 0) is 13.2 Å². The molecule has 0 unspecified atom stereocenters. The van der Waals surface area contributed by atoms with Gasteiger partial charge in [0.1, 0.15) is 17.0 Å². The third-order valence-electron chi connectivity index (χ3n) is 6.97. The minimum absolute atomic E-state index is 0.0875. The molecule has 0 aromatic carbocycles. The predicted molar refractivity (Wildman–Crippen MR) is 145 cm³/mol. The molecule has 2 amide bonds. The van der Waals surface area contributed by atoms with Gasteiger partial charge in [-0.25, -0.2) is 24.4 Å². The number of aromatic nitrogens is 8. The molecule has 4 aromatic heterocycles. The molecule has 1 saturated carbocycles. The van der Waals surface area contributed by atoms with Crippen LogP contribution in [0.25, 0.3) is 22.6 Å². The van der Waals surface area contributed by atoms with Crippen LogP contribution in [0.3, 0.4) is 0 Å². The van der Waals surface area contributed by atoms with Gasteiger partial charge in [0.2, 0.25) is 5.95 Å². The van der Waals surface area contributed by atoms with E-state index in [-0.39, 0.29) is 34.4 Å². The van der Waals surface area contributed by atoms with Crippen LogP contribution in [0, 0.1) is 0 Å². The number of anilines is 2. The Balaban J connectivity index is 1.30. The van der Waals surface area contributed by atoms with Crippen molar-refractivity contribution in [2.24, 2.45) is 7.05 Å². The standard InChI is InChI=1S/C26H28F5N11O/c1-3-32-25(43)42(21-13-33-20(12-34-21)15-10-36-40(2)14-15)17-6-4-16(5-7-17)37-24-35-11-18(26(29,30)31)22(38-24)19-8-9-41(39-19)23(27)28/h8-14,16-17,23H,3-7H2,1-2H3,(H,32,43)(H,35,37,38)/t16-,17-. The Hall–Kier alpha value is -4.70. The summed E-state index contributed by atoms with van der Waals surface area (Å²) < 4.78 is 68.8. The van der Waals surface area contributed by atoms with E-state index in [9.17, 15) is 26.7 Å². The van der Waals surface area contributed by atoms with Crippen molar-refractivity contribution in [2.75, 3.05) is 16.8 Å². The average Bonchev–Trinajstić information content (AvgIpc) is 3.64. The Morgan fingerprint density at radius 1 is 1.07 bits per heavy atom. The highest BCUT2D eigenvalue weighted by Crippen LogP contribution is 2.36. The fourth-order valence-electron chi connectivity index (χ4n) is 4.93. The van der Waals surface area contributed by atoms with E-state index in [0.29, 0.717) is 49.9 Å². The van der Waals surface area contributed by atoms with Crippen molar-refractivity contribution in [3.8, 4) is 22.6 Å². The highest BCUT2D eigenvalue weighted by atomic mass is 19.4. The van der Waals surface area contributed by atoms with Crippen LogP contribution in [0.1, 0.15) is 44.7 Å². The number of halogens is 5. The summed E-state index contributed by atoms with van der Waals surface area (Å²) in [5, 5.41) is 13.5. The average molecular weight is 606 g/mol. The Morgan fingerprint density at radius 2 is 1.84 bits per heavy atom. The van der Waals surface area contributed by atoms with E-state index in [2.05, 4.69) is 40.8 Å². The summed E-state index contributed by atoms with van der Waals surface area (Å²) in [6.45, 7) is -0.789. The largest absolute Gasteiger partial charge is 0.420 e. The maximum Gasteiger partial charge on any atom is 0.420 e. The zero-order valence-corrected chi connectivity index (χ0v) is 23.1. The number of urea groups is 1. The zero-order valence-electron chi connectivity index (χ0n) is 23.1. The van der Waals surface area contributed by atoms with Crippen molar-refractivity contribution in [2.45, 2.75) is 57.4 Å². The molecule has 1 aliphatic carbocycles. The van der Waals surface area contributed by atoms with Gasteiger partial charge in [-0.2, -0.15) is 32.1 Å². The van der Waals surface area contributed by atoms with Crippen LogP contribution in [0.5, 0.6) is 0 Å². The molecule has 5 rings (SSSR count). The van der Waals surface area contributed by atoms with Crippen molar-refractivity contribution in [1.82, 2.24) is 44.8 Å². The summed E-state index contributed by atoms with van der Waals surface area (Å²) in [7, 11) is 1.79. The van der Waals surface area contributed by atoms with E-state index in [4.69, 9.17) is 0 Å². The van der Waals surface area contributed by atoms with Crippen molar-refractivity contribution >= 4 is 17.8 Å². The van der Waals surface area contributed by atoms with Crippen molar-refractivity contribution in [1.29, 1.82) is 0 Å². The number of carbonyl (C=O) groups excluding carboxylic acids is 1. The predicted octanol–water partition coefficient (Wildman–Crippen LogP) is 4.90. The molecular formula is C26H28F5N11O. The summed E-state index contributed by atoms with van der Waals surface area (Å²) in [5.74, 6) is 0.296. The lowest BCUT2D eigenvalue weighted by molar-refractivity contribution is -0.137. The lowest BCUT2D eigenvalue weighted by Crippen LogP contribution is -2.49. The number of nitrogens with one attached hydrogen (secondary N) is 2. The lowest BCUT2D eigenvalue weighted by atomic mass is 9.90. The third-order valence-corrected chi connectivity index (χ3v) is 6.97. The summed E-state index contributed by atoms with van der Waals surface area (Å²) >= 11 is 0. The second-order valence-corrected chi connectivity index (χ2v) is 9.93. The fraction of sp³-hybridized carbons (Fsp3) is 0.423. The van der Waals surface area contributed by atoms with E-state index in [0.717, 1.165) is 17.8 Å². The van der Waals surface area contributed by atoms with Crippen molar-refractivity contribution in [3.63, 3.8) is 0 Å². The first-order valence-corrected chi connectivity index (χ1v) is 13.5. The van der Waals surface area contributed by atoms with Gasteiger partial charge in [0.05, 0.1) is 24.3 Å². The van der Waals surface area contributed by atoms with Crippen molar-refractivity contribution in [3.05, 3.63) is 48.8 Å². The third kappa shape index (κ3) is 6.70. The second-order valence-electron chi connectivity index (χ2n) is 9.93. The van der Waals surface area contributed by atoms with Crippen LogP contribution in [0.2, 0.25) is 0 Å². The molecule has 228 valence electrons. The van der Waals surface area contributed by atoms with E-state index in [1.807, 2.05) is 6.92 Å². The number of hydrogen-bond donors (Lipinski definition) is 2. The molecule has 12 nitrogen and oxygen atoms in total. The number of alkyl halides is 5. The van der Waals surface area contributed by atoms with Gasteiger partial charge >= 0.3 is 18.8 Å². The summed E-state index contributed by atoms with van der Waals surface area (Å²) in [4.78, 5) is 31.4. The van der Waals surface area contributed by atoms with Gasteiger partial charge in [-0.3, -0.25) is 14.6 Å². The Morgan fingerprint density at radius 3 is 2.42 bits per heavy atom. The van der Waals surface area contributed by atoms with Gasteiger partial charge in [-0.05, 0) is 38.7 Å². The first-order chi connectivity index (χ1) is 20.5. The lowest BCUT2D eigenvalue weighted by Gasteiger charge is -2.36. The summed E-state index contributed by atoms with van der Waals surface area (Å²) in [6, 6.07) is 0.294. The minimum atomic E-state index is -4.82. The maximum atomic E-state index is 13.6. The number of nitrogens with zero attached hydrogens (tertiary/aromatic N) is 9. The topological polar surface area (TPSA) is 132 Å². The smallest absolute Gasteiger partial charge is 0.351 e. The molecule has 4 heterocycles. The van der Waals surface area contributed by atoms with E-state index in [1.54, 1.807) is 35.2 Å². The van der Waals surface area contributed by atoms with Gasteiger partial charge in [0, 0.05) is 49.8 Å². The molecule has 1 aliphatic rings. The summed E-state index contributed by atoms with van der Waals surface area (Å²) in [5.41, 5.74) is -0.746. The molecule has 0 saturated heterocycles. The molecule has 0 bridgehead atoms. The normalized spacial score (nSPS) is 17.2. The maximum absolute atomic E-state index is 13.6. The molecule has 43 heavy (non-hydrogen) atoms. The van der Waals surface area contributed by atoms with E-state index >= 15 is 0 Å². The monoisotopic (exact) mass is 605 g/mol. The molecule has 4 aromatic rings. The Bertz CT molecular complexity index is 1550. The second kappa shape index (κ2) is 12.3. The zero-order chi connectivity index (χ0) is 30.7. The molecule has 17 heteroatoms. The molecule has 0 atom stereocenters. The highest BCUT2D eigenvalue weighted by molar-refractivity contribution is 5.91. The molecule has 0 radical (unpaired) electrons. The van der Waals surface area contributed by atoms with E-state index in [1.165, 1.54) is 6.20 Å².